The first-order chi connectivity index (χ1) is 15.1. The number of rotatable bonds is 11. The molecule has 1 radical (unpaired) electrons. The number of pyridine rings is 1. The number of imidazole rings is 1. The number of nitrogens with zero attached hydrogens (tertiary/aromatic N) is 2. The van der Waals surface area contributed by atoms with Crippen LogP contribution in [0.5, 0.6) is 0 Å². The second kappa shape index (κ2) is 11.4. The van der Waals surface area contributed by atoms with Gasteiger partial charge in [0.05, 0.1) is 12.0 Å². The van der Waals surface area contributed by atoms with Gasteiger partial charge >= 0.3 is 0 Å². The minimum atomic E-state index is -0.860. The van der Waals surface area contributed by atoms with Crippen LogP contribution >= 0.6 is 0 Å². The minimum absolute atomic E-state index is 0.214. The lowest BCUT2D eigenvalue weighted by Gasteiger charge is -2.20. The zero-order chi connectivity index (χ0) is 21.9. The predicted molar refractivity (Wildman–Crippen MR) is 115 cm³/mol. The van der Waals surface area contributed by atoms with Gasteiger partial charge in [-0.05, 0) is 23.6 Å². The van der Waals surface area contributed by atoms with Crippen LogP contribution in [-0.4, -0.2) is 45.1 Å². The molecule has 0 unspecified atom stereocenters. The lowest BCUT2D eigenvalue weighted by molar-refractivity contribution is -0.129. The SMILES string of the molecule is O=[C][C@H](Cc1c[nH]cn1)NC(=O)[C@H](Cc1ccccc1)NC(=O)CCc1cccnc1. The molecule has 3 rings (SSSR count). The summed E-state index contributed by atoms with van der Waals surface area (Å²) in [6, 6.07) is 11.4. The van der Waals surface area contributed by atoms with E-state index in [1.54, 1.807) is 18.6 Å². The second-order valence-corrected chi connectivity index (χ2v) is 7.11. The molecule has 2 aromatic heterocycles. The van der Waals surface area contributed by atoms with Gasteiger partial charge < -0.3 is 15.6 Å². The van der Waals surface area contributed by atoms with Crippen LogP contribution in [-0.2, 0) is 33.6 Å². The average molecular weight is 418 g/mol. The molecule has 2 amide bonds. The maximum Gasteiger partial charge on any atom is 0.243 e. The molecule has 0 aliphatic rings. The fraction of sp³-hybridized carbons (Fsp3) is 0.261. The number of carbonyl (C=O) groups excluding carboxylic acids is 3. The molecule has 0 saturated heterocycles. The Hall–Kier alpha value is -3.81. The van der Waals surface area contributed by atoms with Crippen LogP contribution in [0.15, 0.2) is 67.4 Å². The van der Waals surface area contributed by atoms with Crippen molar-refractivity contribution in [1.82, 2.24) is 25.6 Å². The number of aromatic nitrogens is 3. The molecule has 8 heteroatoms. The quantitative estimate of drug-likeness (QED) is 0.434. The van der Waals surface area contributed by atoms with Crippen molar-refractivity contribution in [1.29, 1.82) is 0 Å². The number of H-pyrrole nitrogens is 1. The molecule has 159 valence electrons. The fourth-order valence-corrected chi connectivity index (χ4v) is 3.14. The van der Waals surface area contributed by atoms with Gasteiger partial charge in [-0.2, -0.15) is 0 Å². The van der Waals surface area contributed by atoms with Gasteiger partial charge in [0.1, 0.15) is 12.1 Å². The smallest absolute Gasteiger partial charge is 0.243 e. The van der Waals surface area contributed by atoms with Crippen molar-refractivity contribution in [3.63, 3.8) is 0 Å². The van der Waals surface area contributed by atoms with Crippen LogP contribution in [0, 0.1) is 0 Å². The molecule has 3 aromatic rings. The third-order valence-corrected chi connectivity index (χ3v) is 4.72. The van der Waals surface area contributed by atoms with Crippen molar-refractivity contribution in [2.45, 2.75) is 37.8 Å². The molecule has 0 aliphatic carbocycles. The van der Waals surface area contributed by atoms with Crippen molar-refractivity contribution in [2.75, 3.05) is 0 Å². The first-order valence-electron chi connectivity index (χ1n) is 10.0. The predicted octanol–water partition coefficient (Wildman–Crippen LogP) is 1.30. The number of aryl methyl sites for hydroxylation is 1. The van der Waals surface area contributed by atoms with Gasteiger partial charge in [0.15, 0.2) is 0 Å². The van der Waals surface area contributed by atoms with E-state index in [0.717, 1.165) is 11.1 Å². The molecule has 2 atom stereocenters. The van der Waals surface area contributed by atoms with Crippen LogP contribution in [0.25, 0.3) is 0 Å². The normalized spacial score (nSPS) is 12.5. The molecule has 2 heterocycles. The summed E-state index contributed by atoms with van der Waals surface area (Å²) < 4.78 is 0. The van der Waals surface area contributed by atoms with Crippen molar-refractivity contribution < 1.29 is 14.4 Å². The van der Waals surface area contributed by atoms with E-state index in [1.165, 1.54) is 6.33 Å². The van der Waals surface area contributed by atoms with Crippen LogP contribution < -0.4 is 10.6 Å². The van der Waals surface area contributed by atoms with E-state index >= 15 is 0 Å². The third kappa shape index (κ3) is 7.18. The number of carbonyl (C=O) groups is 2. The summed E-state index contributed by atoms with van der Waals surface area (Å²) in [6.07, 6.45) is 9.63. The largest absolute Gasteiger partial charge is 0.351 e. The zero-order valence-corrected chi connectivity index (χ0v) is 17.0. The summed E-state index contributed by atoms with van der Waals surface area (Å²) in [5.41, 5.74) is 2.47. The maximum atomic E-state index is 12.9. The summed E-state index contributed by atoms with van der Waals surface area (Å²) in [7, 11) is 0. The Morgan fingerprint density at radius 1 is 1.03 bits per heavy atom. The molecule has 0 saturated carbocycles. The highest BCUT2D eigenvalue weighted by molar-refractivity contribution is 5.89. The summed E-state index contributed by atoms with van der Waals surface area (Å²) in [5.74, 6) is -0.693. The molecule has 0 aliphatic heterocycles. The number of amides is 2. The highest BCUT2D eigenvalue weighted by atomic mass is 16.2. The Balaban J connectivity index is 1.63. The molecule has 0 fully saturated rings. The molecule has 8 nitrogen and oxygen atoms in total. The Morgan fingerprint density at radius 2 is 1.84 bits per heavy atom. The van der Waals surface area contributed by atoms with Crippen LogP contribution in [0.1, 0.15) is 23.2 Å². The lowest BCUT2D eigenvalue weighted by Crippen LogP contribution is -2.51. The molecule has 0 bridgehead atoms. The standard InChI is InChI=1S/C23H24N5O3/c29-15-20(12-19-14-25-16-26-19)27-23(31)21(11-17-5-2-1-3-6-17)28-22(30)9-8-18-7-4-10-24-13-18/h1-7,10,13-14,16,20-21H,8-9,11-12H2,(H,25,26)(H,27,31)(H,28,30)/t20-,21-/m0/s1. The van der Waals surface area contributed by atoms with Crippen molar-refractivity contribution in [3.8, 4) is 0 Å². The topological polar surface area (TPSA) is 117 Å². The van der Waals surface area contributed by atoms with E-state index in [2.05, 4.69) is 25.6 Å². The van der Waals surface area contributed by atoms with E-state index in [0.29, 0.717) is 18.5 Å². The first kappa shape index (κ1) is 21.9. The van der Waals surface area contributed by atoms with Crippen molar-refractivity contribution in [3.05, 3.63) is 84.2 Å². The highest BCUT2D eigenvalue weighted by Gasteiger charge is 2.24. The Kier molecular flexibility index (Phi) is 8.05. The van der Waals surface area contributed by atoms with E-state index in [-0.39, 0.29) is 18.7 Å². The van der Waals surface area contributed by atoms with Crippen LogP contribution in [0.4, 0.5) is 0 Å². The number of benzene rings is 1. The fourth-order valence-electron chi connectivity index (χ4n) is 3.14. The number of hydrogen-bond acceptors (Lipinski definition) is 5. The molecular formula is C23H24N5O3. The van der Waals surface area contributed by atoms with Crippen molar-refractivity contribution in [2.24, 2.45) is 0 Å². The van der Waals surface area contributed by atoms with E-state index in [9.17, 15) is 14.4 Å². The number of hydrogen-bond donors (Lipinski definition) is 3. The second-order valence-electron chi connectivity index (χ2n) is 7.11. The molecule has 3 N–H and O–H groups in total. The maximum absolute atomic E-state index is 12.9. The van der Waals surface area contributed by atoms with E-state index in [1.807, 2.05) is 48.8 Å². The van der Waals surface area contributed by atoms with E-state index < -0.39 is 18.0 Å². The number of aromatic amines is 1. The Labute approximate surface area is 180 Å². The Morgan fingerprint density at radius 3 is 2.52 bits per heavy atom. The van der Waals surface area contributed by atoms with E-state index in [4.69, 9.17) is 0 Å². The van der Waals surface area contributed by atoms with Gasteiger partial charge in [0.25, 0.3) is 0 Å². The van der Waals surface area contributed by atoms with Crippen molar-refractivity contribution >= 4 is 18.1 Å². The molecular weight excluding hydrogens is 394 g/mol. The van der Waals surface area contributed by atoms with Crippen LogP contribution in [0.3, 0.4) is 0 Å². The highest BCUT2D eigenvalue weighted by Crippen LogP contribution is 2.06. The third-order valence-electron chi connectivity index (χ3n) is 4.72. The van der Waals surface area contributed by atoms with Gasteiger partial charge in [0.2, 0.25) is 18.1 Å². The summed E-state index contributed by atoms with van der Waals surface area (Å²) in [5, 5.41) is 5.46. The number of nitrogens with one attached hydrogen (secondary N) is 3. The average Bonchev–Trinajstić information content (AvgIpc) is 3.31. The van der Waals surface area contributed by atoms with Gasteiger partial charge in [-0.25, -0.2) is 4.98 Å². The summed E-state index contributed by atoms with van der Waals surface area (Å²) >= 11 is 0. The van der Waals surface area contributed by atoms with Gasteiger partial charge in [-0.3, -0.25) is 19.4 Å². The van der Waals surface area contributed by atoms with Gasteiger partial charge in [0, 0.05) is 37.9 Å². The van der Waals surface area contributed by atoms with Gasteiger partial charge in [-0.1, -0.05) is 36.4 Å². The summed E-state index contributed by atoms with van der Waals surface area (Å²) in [6.45, 7) is 0. The molecule has 31 heavy (non-hydrogen) atoms. The first-order valence-corrected chi connectivity index (χ1v) is 10.0. The molecule has 1 aromatic carbocycles. The summed E-state index contributed by atoms with van der Waals surface area (Å²) in [4.78, 5) is 47.7. The van der Waals surface area contributed by atoms with Gasteiger partial charge in [-0.15, -0.1) is 0 Å². The lowest BCUT2D eigenvalue weighted by atomic mass is 10.0. The zero-order valence-electron chi connectivity index (χ0n) is 17.0. The van der Waals surface area contributed by atoms with Crippen LogP contribution in [0.2, 0.25) is 0 Å². The Bertz CT molecular complexity index is 961. The monoisotopic (exact) mass is 418 g/mol. The molecule has 0 spiro atoms. The minimum Gasteiger partial charge on any atom is -0.351 e.